The Bertz CT molecular complexity index is 1480. The fraction of sp³-hybridized carbons (Fsp3) is 0.323. The van der Waals surface area contributed by atoms with Gasteiger partial charge in [-0.25, -0.2) is 4.39 Å². The molecule has 3 aromatic carbocycles. The minimum atomic E-state index is -0.388. The third-order valence-electron chi connectivity index (χ3n) is 7.75. The number of amides is 3. The second kappa shape index (κ2) is 12.1. The zero-order valence-corrected chi connectivity index (χ0v) is 23.1. The Morgan fingerprint density at radius 1 is 0.714 bits per heavy atom. The third kappa shape index (κ3) is 5.87. The summed E-state index contributed by atoms with van der Waals surface area (Å²) in [5, 5.41) is 6.33. The molecule has 2 saturated heterocycles. The Balaban J connectivity index is 1.23. The smallest absolute Gasteiger partial charge is 0.255 e. The number of halogens is 1. The predicted octanol–water partition coefficient (Wildman–Crippen LogP) is 3.20. The van der Waals surface area contributed by atoms with Gasteiger partial charge in [0.1, 0.15) is 5.82 Å². The van der Waals surface area contributed by atoms with E-state index in [1.54, 1.807) is 35.2 Å². The van der Waals surface area contributed by atoms with Crippen molar-refractivity contribution in [1.82, 2.24) is 15.1 Å². The van der Waals surface area contributed by atoms with E-state index < -0.39 is 0 Å². The van der Waals surface area contributed by atoms with Crippen LogP contribution >= 0.6 is 0 Å². The van der Waals surface area contributed by atoms with E-state index in [1.807, 2.05) is 11.0 Å². The SMILES string of the molecule is O=C(Nc1cc(C(=O)N2CCCNCC2)ccc1N1CCN(C(=O)c2ccc(F)cc2)CC1)c1ccc2c(c1)OCO2. The molecule has 0 atom stereocenters. The van der Waals surface area contributed by atoms with Crippen LogP contribution in [0.3, 0.4) is 0 Å². The third-order valence-corrected chi connectivity index (χ3v) is 7.75. The number of nitrogens with one attached hydrogen (secondary N) is 2. The van der Waals surface area contributed by atoms with Gasteiger partial charge < -0.3 is 34.8 Å². The summed E-state index contributed by atoms with van der Waals surface area (Å²) in [7, 11) is 0. The molecule has 11 heteroatoms. The number of ether oxygens (including phenoxy) is 2. The number of carbonyl (C=O) groups excluding carboxylic acids is 3. The van der Waals surface area contributed by atoms with Gasteiger partial charge in [-0.2, -0.15) is 0 Å². The fourth-order valence-electron chi connectivity index (χ4n) is 5.43. The van der Waals surface area contributed by atoms with Gasteiger partial charge in [-0.15, -0.1) is 0 Å². The molecule has 0 bridgehead atoms. The van der Waals surface area contributed by atoms with E-state index in [-0.39, 0.29) is 30.3 Å². The van der Waals surface area contributed by atoms with Crippen molar-refractivity contribution in [1.29, 1.82) is 0 Å². The summed E-state index contributed by atoms with van der Waals surface area (Å²) < 4.78 is 24.1. The van der Waals surface area contributed by atoms with Gasteiger partial charge in [0, 0.05) is 62.5 Å². The van der Waals surface area contributed by atoms with Gasteiger partial charge in [-0.1, -0.05) is 0 Å². The molecule has 0 saturated carbocycles. The Morgan fingerprint density at radius 2 is 1.40 bits per heavy atom. The molecule has 0 spiro atoms. The minimum Gasteiger partial charge on any atom is -0.454 e. The van der Waals surface area contributed by atoms with Crippen LogP contribution in [0.5, 0.6) is 11.5 Å². The largest absolute Gasteiger partial charge is 0.454 e. The van der Waals surface area contributed by atoms with E-state index in [1.165, 1.54) is 24.3 Å². The fourth-order valence-corrected chi connectivity index (χ4v) is 5.43. The Labute approximate surface area is 243 Å². The van der Waals surface area contributed by atoms with Crippen LogP contribution in [0.4, 0.5) is 15.8 Å². The Hall–Kier alpha value is -4.64. The van der Waals surface area contributed by atoms with Gasteiger partial charge in [-0.05, 0) is 73.6 Å². The molecule has 218 valence electrons. The van der Waals surface area contributed by atoms with Gasteiger partial charge in [-0.3, -0.25) is 14.4 Å². The van der Waals surface area contributed by atoms with E-state index >= 15 is 0 Å². The lowest BCUT2D eigenvalue weighted by molar-refractivity contribution is 0.0743. The van der Waals surface area contributed by atoms with Crippen molar-refractivity contribution in [2.75, 3.05) is 69.4 Å². The molecule has 3 aliphatic rings. The summed E-state index contributed by atoms with van der Waals surface area (Å²) in [6, 6.07) is 15.9. The highest BCUT2D eigenvalue weighted by Gasteiger charge is 2.26. The lowest BCUT2D eigenvalue weighted by Gasteiger charge is -2.37. The number of nitrogens with zero attached hydrogens (tertiary/aromatic N) is 3. The average molecular weight is 574 g/mol. The van der Waals surface area contributed by atoms with Crippen molar-refractivity contribution >= 4 is 29.1 Å². The molecule has 0 radical (unpaired) electrons. The van der Waals surface area contributed by atoms with Crippen LogP contribution in [-0.4, -0.2) is 86.7 Å². The number of anilines is 2. The highest BCUT2D eigenvalue weighted by molar-refractivity contribution is 6.07. The van der Waals surface area contributed by atoms with Crippen molar-refractivity contribution in [2.45, 2.75) is 6.42 Å². The number of carbonyl (C=O) groups is 3. The van der Waals surface area contributed by atoms with Crippen molar-refractivity contribution in [3.63, 3.8) is 0 Å². The van der Waals surface area contributed by atoms with Gasteiger partial charge in [0.2, 0.25) is 6.79 Å². The molecule has 42 heavy (non-hydrogen) atoms. The molecule has 3 amide bonds. The number of fused-ring (bicyclic) bond motifs is 1. The molecule has 6 rings (SSSR count). The summed E-state index contributed by atoms with van der Waals surface area (Å²) in [6.45, 7) is 4.93. The second-order valence-electron chi connectivity index (χ2n) is 10.4. The van der Waals surface area contributed by atoms with Gasteiger partial charge in [0.25, 0.3) is 17.7 Å². The number of rotatable bonds is 5. The molecule has 2 fully saturated rings. The molecular weight excluding hydrogens is 541 g/mol. The average Bonchev–Trinajstić information content (AvgIpc) is 3.33. The van der Waals surface area contributed by atoms with Crippen LogP contribution in [0, 0.1) is 5.82 Å². The molecule has 3 heterocycles. The molecule has 2 N–H and O–H groups in total. The van der Waals surface area contributed by atoms with Gasteiger partial charge in [0.15, 0.2) is 11.5 Å². The molecular formula is C31H32FN5O5. The zero-order chi connectivity index (χ0) is 29.1. The first-order chi connectivity index (χ1) is 20.5. The first kappa shape index (κ1) is 27.5. The van der Waals surface area contributed by atoms with Crippen molar-refractivity contribution in [3.05, 3.63) is 83.2 Å². The van der Waals surface area contributed by atoms with E-state index in [0.29, 0.717) is 73.1 Å². The van der Waals surface area contributed by atoms with E-state index in [4.69, 9.17) is 9.47 Å². The monoisotopic (exact) mass is 573 g/mol. The molecule has 3 aromatic rings. The molecule has 0 aliphatic carbocycles. The van der Waals surface area contributed by atoms with E-state index in [9.17, 15) is 18.8 Å². The van der Waals surface area contributed by atoms with Crippen LogP contribution in [0.25, 0.3) is 0 Å². The summed E-state index contributed by atoms with van der Waals surface area (Å²) in [5.41, 5.74) is 2.59. The van der Waals surface area contributed by atoms with Crippen molar-refractivity contribution in [2.24, 2.45) is 0 Å². The van der Waals surface area contributed by atoms with Crippen molar-refractivity contribution < 1.29 is 28.2 Å². The maximum atomic E-state index is 13.4. The quantitative estimate of drug-likeness (QED) is 0.483. The number of benzene rings is 3. The summed E-state index contributed by atoms with van der Waals surface area (Å²) in [5.74, 6) is 0.116. The van der Waals surface area contributed by atoms with Crippen LogP contribution in [0.1, 0.15) is 37.5 Å². The van der Waals surface area contributed by atoms with Crippen molar-refractivity contribution in [3.8, 4) is 11.5 Å². The molecule has 0 aromatic heterocycles. The maximum Gasteiger partial charge on any atom is 0.255 e. The number of hydrogen-bond acceptors (Lipinski definition) is 7. The van der Waals surface area contributed by atoms with Gasteiger partial charge in [0.05, 0.1) is 11.4 Å². The van der Waals surface area contributed by atoms with E-state index in [0.717, 1.165) is 25.2 Å². The lowest BCUT2D eigenvalue weighted by atomic mass is 10.1. The van der Waals surface area contributed by atoms with Crippen LogP contribution < -0.4 is 25.0 Å². The normalized spacial score (nSPS) is 16.6. The standard InChI is InChI=1S/C31H32FN5O5/c32-24-6-2-21(3-7-24)30(39)37-16-14-35(15-17-37)26-8-4-23(31(40)36-12-1-10-33-11-13-36)18-25(26)34-29(38)22-5-9-27-28(19-22)42-20-41-27/h2-9,18-19,33H,1,10-17,20H2,(H,34,38). The highest BCUT2D eigenvalue weighted by Crippen LogP contribution is 2.34. The summed E-state index contributed by atoms with van der Waals surface area (Å²) in [4.78, 5) is 45.4. The first-order valence-electron chi connectivity index (χ1n) is 14.1. The lowest BCUT2D eigenvalue weighted by Crippen LogP contribution is -2.49. The van der Waals surface area contributed by atoms with Crippen LogP contribution in [0.2, 0.25) is 0 Å². The minimum absolute atomic E-state index is 0.0847. The van der Waals surface area contributed by atoms with Gasteiger partial charge >= 0.3 is 0 Å². The Kier molecular flexibility index (Phi) is 7.91. The molecule has 0 unspecified atom stereocenters. The predicted molar refractivity (Wildman–Crippen MR) is 155 cm³/mol. The topological polar surface area (TPSA) is 103 Å². The zero-order valence-electron chi connectivity index (χ0n) is 23.1. The maximum absolute atomic E-state index is 13.4. The van der Waals surface area contributed by atoms with Crippen LogP contribution in [0.15, 0.2) is 60.7 Å². The highest BCUT2D eigenvalue weighted by atomic mass is 19.1. The molecule has 10 nitrogen and oxygen atoms in total. The Morgan fingerprint density at radius 3 is 2.21 bits per heavy atom. The number of piperazine rings is 1. The summed E-state index contributed by atoms with van der Waals surface area (Å²) >= 11 is 0. The van der Waals surface area contributed by atoms with Crippen LogP contribution in [-0.2, 0) is 0 Å². The van der Waals surface area contributed by atoms with E-state index in [2.05, 4.69) is 15.5 Å². The first-order valence-corrected chi connectivity index (χ1v) is 14.1. The second-order valence-corrected chi connectivity index (χ2v) is 10.4. The summed E-state index contributed by atoms with van der Waals surface area (Å²) in [6.07, 6.45) is 0.873. The molecule has 3 aliphatic heterocycles. The number of hydrogen-bond donors (Lipinski definition) is 2.